The SMILES string of the molecule is CN(C)Cc1cncc(-c2cc(F)c3n[nH]c(-c4cc5c([nH]4)C=C=CC=C5c4cccc(F)c4)c3c2)c1. The zero-order valence-electron chi connectivity index (χ0n) is 20.3. The molecule has 0 fully saturated rings. The van der Waals surface area contributed by atoms with Crippen LogP contribution < -0.4 is 0 Å². The Morgan fingerprint density at radius 1 is 0.973 bits per heavy atom. The number of hydrogen-bond donors (Lipinski definition) is 2. The fourth-order valence-corrected chi connectivity index (χ4v) is 4.75. The van der Waals surface area contributed by atoms with E-state index in [9.17, 15) is 4.39 Å². The molecule has 1 aliphatic rings. The van der Waals surface area contributed by atoms with Crippen molar-refractivity contribution in [3.63, 3.8) is 0 Å². The lowest BCUT2D eigenvalue weighted by Gasteiger charge is -2.10. The van der Waals surface area contributed by atoms with Crippen molar-refractivity contribution in [1.29, 1.82) is 0 Å². The Bertz CT molecular complexity index is 1750. The Morgan fingerprint density at radius 3 is 2.70 bits per heavy atom. The largest absolute Gasteiger partial charge is 0.353 e. The minimum Gasteiger partial charge on any atom is -0.353 e. The van der Waals surface area contributed by atoms with Gasteiger partial charge >= 0.3 is 0 Å². The van der Waals surface area contributed by atoms with Gasteiger partial charge in [-0.3, -0.25) is 10.1 Å². The first-order valence-corrected chi connectivity index (χ1v) is 11.9. The van der Waals surface area contributed by atoms with Crippen LogP contribution in [-0.4, -0.2) is 39.2 Å². The molecule has 0 saturated carbocycles. The average molecular weight is 492 g/mol. The standard InChI is InChI=1S/C30H23F2N5/c1-37(2)17-18-10-21(16-33-15-18)20-12-25-29(26(32)13-20)35-36-30(25)28-14-24-23(8-3-4-9-27(24)34-28)19-6-5-7-22(31)11-19/h3,5-16,34H,17H2,1-2H3,(H,35,36). The van der Waals surface area contributed by atoms with Crippen LogP contribution in [0, 0.1) is 11.6 Å². The number of rotatable bonds is 5. The number of H-pyrrole nitrogens is 2. The van der Waals surface area contributed by atoms with E-state index in [1.54, 1.807) is 18.3 Å². The van der Waals surface area contributed by atoms with Crippen molar-refractivity contribution in [2.75, 3.05) is 14.1 Å². The van der Waals surface area contributed by atoms with Gasteiger partial charge in [0.2, 0.25) is 0 Å². The van der Waals surface area contributed by atoms with Crippen molar-refractivity contribution in [2.45, 2.75) is 6.54 Å². The lowest BCUT2D eigenvalue weighted by atomic mass is 9.97. The van der Waals surface area contributed by atoms with Crippen LogP contribution in [0.5, 0.6) is 0 Å². The van der Waals surface area contributed by atoms with Crippen LogP contribution in [-0.2, 0) is 6.54 Å². The Hall–Kier alpha value is -4.58. The van der Waals surface area contributed by atoms with Crippen molar-refractivity contribution in [3.8, 4) is 22.5 Å². The minimum absolute atomic E-state index is 0.261. The summed E-state index contributed by atoms with van der Waals surface area (Å²) >= 11 is 0. The molecule has 5 aromatic rings. The summed E-state index contributed by atoms with van der Waals surface area (Å²) in [5.74, 6) is -0.715. The summed E-state index contributed by atoms with van der Waals surface area (Å²) in [5, 5.41) is 7.92. The number of nitrogens with zero attached hydrogens (tertiary/aromatic N) is 3. The van der Waals surface area contributed by atoms with E-state index >= 15 is 4.39 Å². The molecule has 0 saturated heterocycles. The highest BCUT2D eigenvalue weighted by atomic mass is 19.1. The summed E-state index contributed by atoms with van der Waals surface area (Å²) in [6.07, 6.45) is 9.11. The van der Waals surface area contributed by atoms with Gasteiger partial charge in [-0.05, 0) is 84.9 Å². The molecule has 0 aliphatic heterocycles. The van der Waals surface area contributed by atoms with Gasteiger partial charge < -0.3 is 9.88 Å². The smallest absolute Gasteiger partial charge is 0.151 e. The first-order valence-electron chi connectivity index (χ1n) is 11.9. The second kappa shape index (κ2) is 9.13. The summed E-state index contributed by atoms with van der Waals surface area (Å²) in [7, 11) is 3.99. The van der Waals surface area contributed by atoms with E-state index in [0.29, 0.717) is 11.1 Å². The van der Waals surface area contributed by atoms with Gasteiger partial charge in [0.25, 0.3) is 0 Å². The van der Waals surface area contributed by atoms with Crippen molar-refractivity contribution >= 4 is 22.6 Å². The molecule has 3 heterocycles. The molecule has 0 amide bonds. The summed E-state index contributed by atoms with van der Waals surface area (Å²) in [5.41, 5.74) is 10.7. The molecule has 37 heavy (non-hydrogen) atoms. The second-order valence-corrected chi connectivity index (χ2v) is 9.35. The third-order valence-electron chi connectivity index (χ3n) is 6.36. The molecule has 1 aliphatic carbocycles. The second-order valence-electron chi connectivity index (χ2n) is 9.35. The zero-order valence-corrected chi connectivity index (χ0v) is 20.3. The number of aromatic nitrogens is 4. The predicted molar refractivity (Wildman–Crippen MR) is 142 cm³/mol. The predicted octanol–water partition coefficient (Wildman–Crippen LogP) is 6.57. The number of fused-ring (bicyclic) bond motifs is 2. The van der Waals surface area contributed by atoms with Crippen LogP contribution in [0.4, 0.5) is 8.78 Å². The van der Waals surface area contributed by atoms with Crippen molar-refractivity contribution in [1.82, 2.24) is 25.1 Å². The fourth-order valence-electron chi connectivity index (χ4n) is 4.75. The Balaban J connectivity index is 1.46. The van der Waals surface area contributed by atoms with Gasteiger partial charge in [0.1, 0.15) is 11.3 Å². The number of pyridine rings is 1. The highest BCUT2D eigenvalue weighted by molar-refractivity contribution is 5.97. The Morgan fingerprint density at radius 2 is 1.86 bits per heavy atom. The third kappa shape index (κ3) is 4.31. The van der Waals surface area contributed by atoms with Crippen LogP contribution in [0.1, 0.15) is 22.4 Å². The summed E-state index contributed by atoms with van der Waals surface area (Å²) < 4.78 is 29.2. The first-order chi connectivity index (χ1) is 18.0. The maximum atomic E-state index is 15.2. The summed E-state index contributed by atoms with van der Waals surface area (Å²) in [6.45, 7) is 0.736. The third-order valence-corrected chi connectivity index (χ3v) is 6.36. The molecule has 182 valence electrons. The van der Waals surface area contributed by atoms with Crippen LogP contribution in [0.2, 0.25) is 0 Å². The van der Waals surface area contributed by atoms with Crippen LogP contribution in [0.25, 0.3) is 45.1 Å². The van der Waals surface area contributed by atoms with E-state index in [1.165, 1.54) is 18.2 Å². The fraction of sp³-hybridized carbons (Fsp3) is 0.100. The number of hydrogen-bond acceptors (Lipinski definition) is 3. The monoisotopic (exact) mass is 491 g/mol. The van der Waals surface area contributed by atoms with E-state index in [0.717, 1.165) is 51.3 Å². The number of nitrogens with one attached hydrogen (secondary N) is 2. The number of aromatic amines is 2. The molecular weight excluding hydrogens is 468 g/mol. The molecule has 0 radical (unpaired) electrons. The molecule has 3 aromatic heterocycles. The topological polar surface area (TPSA) is 60.6 Å². The molecular formula is C30H23F2N5. The Kier molecular flexibility index (Phi) is 5.64. The van der Waals surface area contributed by atoms with E-state index < -0.39 is 5.82 Å². The lowest BCUT2D eigenvalue weighted by Crippen LogP contribution is -2.10. The van der Waals surface area contributed by atoms with Gasteiger partial charge in [-0.1, -0.05) is 12.1 Å². The van der Waals surface area contributed by atoms with Gasteiger partial charge in [0.05, 0.1) is 17.1 Å². The molecule has 0 unspecified atom stereocenters. The van der Waals surface area contributed by atoms with Crippen molar-refractivity contribution in [2.24, 2.45) is 0 Å². The molecule has 2 N–H and O–H groups in total. The van der Waals surface area contributed by atoms with Gasteiger partial charge in [-0.2, -0.15) is 5.10 Å². The van der Waals surface area contributed by atoms with E-state index in [-0.39, 0.29) is 11.3 Å². The van der Waals surface area contributed by atoms with Gasteiger partial charge in [-0.25, -0.2) is 8.78 Å². The molecule has 5 nitrogen and oxygen atoms in total. The summed E-state index contributed by atoms with van der Waals surface area (Å²) in [4.78, 5) is 9.83. The van der Waals surface area contributed by atoms with Crippen molar-refractivity contribution < 1.29 is 8.78 Å². The van der Waals surface area contributed by atoms with Gasteiger partial charge in [-0.15, -0.1) is 5.73 Å². The van der Waals surface area contributed by atoms with E-state index in [1.807, 2.05) is 56.7 Å². The van der Waals surface area contributed by atoms with Gasteiger partial charge in [0, 0.05) is 41.5 Å². The normalized spacial score (nSPS) is 12.7. The molecule has 0 spiro atoms. The van der Waals surface area contributed by atoms with Crippen LogP contribution in [0.15, 0.2) is 78.8 Å². The molecule has 7 heteroatoms. The van der Waals surface area contributed by atoms with Gasteiger partial charge in [0.15, 0.2) is 5.82 Å². The first kappa shape index (κ1) is 22.9. The van der Waals surface area contributed by atoms with Crippen molar-refractivity contribution in [3.05, 3.63) is 113 Å². The molecule has 2 aromatic carbocycles. The number of benzene rings is 2. The summed E-state index contributed by atoms with van der Waals surface area (Å²) in [6, 6.07) is 13.9. The number of halogens is 2. The minimum atomic E-state index is -0.413. The van der Waals surface area contributed by atoms with Crippen LogP contribution in [0.3, 0.4) is 0 Å². The molecule has 0 bridgehead atoms. The molecule has 6 rings (SSSR count). The maximum absolute atomic E-state index is 15.2. The quantitative estimate of drug-likeness (QED) is 0.273. The lowest BCUT2D eigenvalue weighted by molar-refractivity contribution is 0.402. The van der Waals surface area contributed by atoms with Crippen LogP contribution >= 0.6 is 0 Å². The highest BCUT2D eigenvalue weighted by Crippen LogP contribution is 2.36. The average Bonchev–Trinajstić information content (AvgIpc) is 3.43. The zero-order chi connectivity index (χ0) is 25.5. The Labute approximate surface area is 212 Å². The maximum Gasteiger partial charge on any atom is 0.151 e. The number of allylic oxidation sites excluding steroid dienone is 2. The highest BCUT2D eigenvalue weighted by Gasteiger charge is 2.19. The molecule has 0 atom stereocenters. The van der Waals surface area contributed by atoms with E-state index in [2.05, 4.69) is 30.8 Å². The van der Waals surface area contributed by atoms with E-state index in [4.69, 9.17) is 0 Å².